The number of rotatable bonds is 1. The van der Waals surface area contributed by atoms with Crippen LogP contribution in [0.2, 0.25) is 0 Å². The molecule has 2 rings (SSSR count). The van der Waals surface area contributed by atoms with Crippen LogP contribution in [0.5, 0.6) is 0 Å². The fourth-order valence-corrected chi connectivity index (χ4v) is 2.26. The van der Waals surface area contributed by atoms with Gasteiger partial charge in [-0.2, -0.15) is 0 Å². The summed E-state index contributed by atoms with van der Waals surface area (Å²) < 4.78 is 5.44. The van der Waals surface area contributed by atoms with Crippen molar-refractivity contribution in [3.63, 3.8) is 0 Å². The molecule has 0 atom stereocenters. The summed E-state index contributed by atoms with van der Waals surface area (Å²) >= 11 is 0. The Labute approximate surface area is 96.2 Å². The van der Waals surface area contributed by atoms with Crippen molar-refractivity contribution in [1.29, 1.82) is 0 Å². The number of ether oxygens (including phenoxy) is 1. The predicted octanol–water partition coefficient (Wildman–Crippen LogP) is 2.59. The molecular formula is C13H19NO2. The number of fused-ring (bicyclic) bond motifs is 1. The lowest BCUT2D eigenvalue weighted by molar-refractivity contribution is 0.0979. The Morgan fingerprint density at radius 3 is 2.62 bits per heavy atom. The standard InChI is InChI=1S/C13H19NO2/c1-8(15)11-9-7-16-6-5-10(9)14-12(11)13(2,3)4/h14H,5-7H2,1-4H3. The van der Waals surface area contributed by atoms with Gasteiger partial charge < -0.3 is 9.72 Å². The van der Waals surface area contributed by atoms with Crippen LogP contribution < -0.4 is 0 Å². The highest BCUT2D eigenvalue weighted by molar-refractivity contribution is 5.97. The number of hydrogen-bond donors (Lipinski definition) is 1. The summed E-state index contributed by atoms with van der Waals surface area (Å²) in [6.07, 6.45) is 0.881. The minimum atomic E-state index is -0.0294. The van der Waals surface area contributed by atoms with Crippen molar-refractivity contribution in [3.8, 4) is 0 Å². The molecule has 1 N–H and O–H groups in total. The Morgan fingerprint density at radius 1 is 1.38 bits per heavy atom. The summed E-state index contributed by atoms with van der Waals surface area (Å²) in [7, 11) is 0. The fraction of sp³-hybridized carbons (Fsp3) is 0.615. The number of carbonyl (C=O) groups is 1. The summed E-state index contributed by atoms with van der Waals surface area (Å²) in [5.74, 6) is 0.132. The Kier molecular flexibility index (Phi) is 2.66. The van der Waals surface area contributed by atoms with Crippen molar-refractivity contribution in [2.45, 2.75) is 46.1 Å². The molecular weight excluding hydrogens is 202 g/mol. The molecule has 1 aliphatic heterocycles. The quantitative estimate of drug-likeness (QED) is 0.741. The van der Waals surface area contributed by atoms with E-state index in [4.69, 9.17) is 4.74 Å². The van der Waals surface area contributed by atoms with E-state index in [1.807, 2.05) is 0 Å². The number of nitrogens with one attached hydrogen (secondary N) is 1. The first-order chi connectivity index (χ1) is 7.41. The third-order valence-corrected chi connectivity index (χ3v) is 3.04. The summed E-state index contributed by atoms with van der Waals surface area (Å²) in [6, 6.07) is 0. The van der Waals surface area contributed by atoms with Crippen LogP contribution in [0.4, 0.5) is 0 Å². The van der Waals surface area contributed by atoms with Gasteiger partial charge in [0.05, 0.1) is 13.2 Å². The minimum Gasteiger partial charge on any atom is -0.376 e. The lowest BCUT2D eigenvalue weighted by atomic mass is 9.87. The molecule has 1 aliphatic rings. The first-order valence-electron chi connectivity index (χ1n) is 5.74. The van der Waals surface area contributed by atoms with E-state index in [9.17, 15) is 4.79 Å². The smallest absolute Gasteiger partial charge is 0.162 e. The number of ketones is 1. The maximum atomic E-state index is 11.8. The molecule has 0 bridgehead atoms. The number of hydrogen-bond acceptors (Lipinski definition) is 2. The second-order valence-corrected chi connectivity index (χ2v) is 5.44. The van der Waals surface area contributed by atoms with Gasteiger partial charge in [-0.05, 0) is 6.92 Å². The van der Waals surface area contributed by atoms with E-state index in [1.54, 1.807) is 6.92 Å². The first-order valence-corrected chi connectivity index (χ1v) is 5.74. The second-order valence-electron chi connectivity index (χ2n) is 5.44. The van der Waals surface area contributed by atoms with Crippen LogP contribution in [0.1, 0.15) is 55.0 Å². The van der Waals surface area contributed by atoms with Gasteiger partial charge in [-0.1, -0.05) is 20.8 Å². The lowest BCUT2D eigenvalue weighted by Crippen LogP contribution is -2.16. The van der Waals surface area contributed by atoms with Gasteiger partial charge in [0, 0.05) is 34.4 Å². The van der Waals surface area contributed by atoms with Crippen LogP contribution in [0.25, 0.3) is 0 Å². The van der Waals surface area contributed by atoms with Crippen LogP contribution in [0.3, 0.4) is 0 Å². The van der Waals surface area contributed by atoms with Crippen molar-refractivity contribution in [2.75, 3.05) is 6.61 Å². The molecule has 0 fully saturated rings. The molecule has 0 saturated heterocycles. The highest BCUT2D eigenvalue weighted by Crippen LogP contribution is 2.32. The van der Waals surface area contributed by atoms with Crippen LogP contribution in [-0.4, -0.2) is 17.4 Å². The SMILES string of the molecule is CC(=O)c1c(C(C)(C)C)[nH]c2c1COCC2. The maximum absolute atomic E-state index is 11.8. The van der Waals surface area contributed by atoms with E-state index in [0.29, 0.717) is 6.61 Å². The van der Waals surface area contributed by atoms with E-state index >= 15 is 0 Å². The third kappa shape index (κ3) is 1.80. The second kappa shape index (κ2) is 3.74. The largest absolute Gasteiger partial charge is 0.376 e. The Balaban J connectivity index is 2.61. The van der Waals surface area contributed by atoms with Gasteiger partial charge in [-0.15, -0.1) is 0 Å². The van der Waals surface area contributed by atoms with E-state index in [0.717, 1.165) is 29.8 Å². The van der Waals surface area contributed by atoms with Gasteiger partial charge >= 0.3 is 0 Å². The first kappa shape index (κ1) is 11.4. The molecule has 16 heavy (non-hydrogen) atoms. The van der Waals surface area contributed by atoms with Gasteiger partial charge in [0.25, 0.3) is 0 Å². The lowest BCUT2D eigenvalue weighted by Gasteiger charge is -2.18. The molecule has 0 amide bonds. The normalized spacial score (nSPS) is 16.0. The van der Waals surface area contributed by atoms with Crippen molar-refractivity contribution in [3.05, 3.63) is 22.5 Å². The molecule has 88 valence electrons. The molecule has 0 saturated carbocycles. The van der Waals surface area contributed by atoms with Gasteiger partial charge in [-0.25, -0.2) is 0 Å². The molecule has 0 spiro atoms. The summed E-state index contributed by atoms with van der Waals surface area (Å²) in [5.41, 5.74) is 4.13. The van der Waals surface area contributed by atoms with E-state index in [2.05, 4.69) is 25.8 Å². The topological polar surface area (TPSA) is 42.1 Å². The van der Waals surface area contributed by atoms with Crippen LogP contribution in [0, 0.1) is 0 Å². The van der Waals surface area contributed by atoms with Crippen molar-refractivity contribution < 1.29 is 9.53 Å². The Hall–Kier alpha value is -1.09. The Morgan fingerprint density at radius 2 is 2.06 bits per heavy atom. The molecule has 2 heterocycles. The van der Waals surface area contributed by atoms with Gasteiger partial charge in [0.2, 0.25) is 0 Å². The fourth-order valence-electron chi connectivity index (χ4n) is 2.26. The van der Waals surface area contributed by atoms with E-state index in [1.165, 1.54) is 5.69 Å². The van der Waals surface area contributed by atoms with Gasteiger partial charge in [-0.3, -0.25) is 4.79 Å². The van der Waals surface area contributed by atoms with Crippen LogP contribution >= 0.6 is 0 Å². The molecule has 3 nitrogen and oxygen atoms in total. The monoisotopic (exact) mass is 221 g/mol. The molecule has 0 aliphatic carbocycles. The molecule has 3 heteroatoms. The van der Waals surface area contributed by atoms with Gasteiger partial charge in [0.1, 0.15) is 0 Å². The molecule has 0 aromatic carbocycles. The summed E-state index contributed by atoms with van der Waals surface area (Å²) in [4.78, 5) is 15.2. The number of aromatic nitrogens is 1. The number of H-pyrrole nitrogens is 1. The molecule has 0 radical (unpaired) electrons. The zero-order valence-corrected chi connectivity index (χ0v) is 10.4. The van der Waals surface area contributed by atoms with Crippen molar-refractivity contribution >= 4 is 5.78 Å². The number of carbonyl (C=O) groups excluding carboxylic acids is 1. The van der Waals surface area contributed by atoms with Crippen LogP contribution in [0.15, 0.2) is 0 Å². The van der Waals surface area contributed by atoms with Crippen LogP contribution in [-0.2, 0) is 23.2 Å². The molecule has 1 aromatic rings. The van der Waals surface area contributed by atoms with Crippen molar-refractivity contribution in [1.82, 2.24) is 4.98 Å². The highest BCUT2D eigenvalue weighted by Gasteiger charge is 2.28. The van der Waals surface area contributed by atoms with E-state index < -0.39 is 0 Å². The van der Waals surface area contributed by atoms with Gasteiger partial charge in [0.15, 0.2) is 5.78 Å². The zero-order valence-electron chi connectivity index (χ0n) is 10.4. The maximum Gasteiger partial charge on any atom is 0.162 e. The average molecular weight is 221 g/mol. The Bertz CT molecular complexity index is 424. The van der Waals surface area contributed by atoms with E-state index in [-0.39, 0.29) is 11.2 Å². The minimum absolute atomic E-state index is 0.0294. The summed E-state index contributed by atoms with van der Waals surface area (Å²) in [5, 5.41) is 0. The summed E-state index contributed by atoms with van der Waals surface area (Å²) in [6.45, 7) is 9.31. The molecule has 1 aromatic heterocycles. The van der Waals surface area contributed by atoms with Crippen molar-refractivity contribution in [2.24, 2.45) is 0 Å². The molecule has 0 unspecified atom stereocenters. The average Bonchev–Trinajstić information content (AvgIpc) is 2.55. The highest BCUT2D eigenvalue weighted by atomic mass is 16.5. The zero-order chi connectivity index (χ0) is 11.9. The third-order valence-electron chi connectivity index (χ3n) is 3.04. The predicted molar refractivity (Wildman–Crippen MR) is 62.9 cm³/mol. The number of Topliss-reactive ketones (excluding diaryl/α,β-unsaturated/α-hetero) is 1. The number of aromatic amines is 1.